The van der Waals surface area contributed by atoms with Crippen LogP contribution in [0.2, 0.25) is 10.3 Å². The minimum atomic E-state index is -0.532. The van der Waals surface area contributed by atoms with Gasteiger partial charge in [-0.05, 0) is 18.2 Å². The summed E-state index contributed by atoms with van der Waals surface area (Å²) in [6, 6.07) is 5.83. The summed E-state index contributed by atoms with van der Waals surface area (Å²) in [6.07, 6.45) is 0. The Morgan fingerprint density at radius 2 is 1.93 bits per heavy atom. The van der Waals surface area contributed by atoms with Gasteiger partial charge in [0.15, 0.2) is 0 Å². The monoisotopic (exact) mass is 240 g/mol. The Balaban J connectivity index is 2.93. The lowest BCUT2D eigenvalue weighted by Gasteiger charge is -2.02. The lowest BCUT2D eigenvalue weighted by atomic mass is 10.1. The van der Waals surface area contributed by atoms with Crippen molar-refractivity contribution in [1.29, 1.82) is 5.26 Å². The SMILES string of the molecule is N#Cc1cc(F)c2cc(Cl)nc(Cl)c2c1. The fourth-order valence-corrected chi connectivity index (χ4v) is 1.79. The largest absolute Gasteiger partial charge is 0.224 e. The Morgan fingerprint density at radius 1 is 1.20 bits per heavy atom. The van der Waals surface area contributed by atoms with E-state index in [1.54, 1.807) is 0 Å². The first kappa shape index (κ1) is 10.2. The van der Waals surface area contributed by atoms with E-state index in [-0.39, 0.29) is 21.3 Å². The molecule has 74 valence electrons. The molecular formula is C10H3Cl2FN2. The molecule has 2 rings (SSSR count). The summed E-state index contributed by atoms with van der Waals surface area (Å²) in [7, 11) is 0. The number of hydrogen-bond acceptors (Lipinski definition) is 2. The van der Waals surface area contributed by atoms with Crippen molar-refractivity contribution in [3.8, 4) is 6.07 Å². The van der Waals surface area contributed by atoms with Crippen LogP contribution in [0.15, 0.2) is 18.2 Å². The van der Waals surface area contributed by atoms with E-state index in [9.17, 15) is 4.39 Å². The van der Waals surface area contributed by atoms with E-state index in [4.69, 9.17) is 28.5 Å². The van der Waals surface area contributed by atoms with Crippen molar-refractivity contribution in [2.24, 2.45) is 0 Å². The highest BCUT2D eigenvalue weighted by Gasteiger charge is 2.09. The van der Waals surface area contributed by atoms with Crippen LogP contribution in [-0.4, -0.2) is 4.98 Å². The highest BCUT2D eigenvalue weighted by molar-refractivity contribution is 6.36. The third-order valence-corrected chi connectivity index (χ3v) is 2.43. The number of aromatic nitrogens is 1. The van der Waals surface area contributed by atoms with Crippen LogP contribution in [0.1, 0.15) is 5.56 Å². The molecule has 0 fully saturated rings. The summed E-state index contributed by atoms with van der Waals surface area (Å²) in [5, 5.41) is 9.52. The summed E-state index contributed by atoms with van der Waals surface area (Å²) in [4.78, 5) is 3.77. The zero-order valence-corrected chi connectivity index (χ0v) is 8.77. The standard InChI is InChI=1S/C10H3Cl2FN2/c11-9-3-6-7(10(12)15-9)1-5(4-14)2-8(6)13/h1-3H. The van der Waals surface area contributed by atoms with Crippen LogP contribution in [0.3, 0.4) is 0 Å². The zero-order chi connectivity index (χ0) is 11.0. The van der Waals surface area contributed by atoms with Gasteiger partial charge in [-0.15, -0.1) is 0 Å². The highest BCUT2D eigenvalue weighted by atomic mass is 35.5. The maximum atomic E-state index is 13.5. The van der Waals surface area contributed by atoms with Gasteiger partial charge < -0.3 is 0 Å². The molecule has 2 nitrogen and oxygen atoms in total. The Labute approximate surface area is 94.9 Å². The molecule has 2 aromatic rings. The minimum Gasteiger partial charge on any atom is -0.224 e. The molecule has 0 unspecified atom stereocenters. The Kier molecular flexibility index (Phi) is 2.47. The van der Waals surface area contributed by atoms with Crippen LogP contribution >= 0.6 is 23.2 Å². The highest BCUT2D eigenvalue weighted by Crippen LogP contribution is 2.27. The van der Waals surface area contributed by atoms with E-state index in [0.717, 1.165) is 6.07 Å². The van der Waals surface area contributed by atoms with Gasteiger partial charge in [0, 0.05) is 10.8 Å². The average Bonchev–Trinajstić information content (AvgIpc) is 2.19. The number of pyridine rings is 1. The second kappa shape index (κ2) is 3.65. The molecule has 0 atom stereocenters. The molecule has 0 aliphatic heterocycles. The molecule has 0 spiro atoms. The number of benzene rings is 1. The fourth-order valence-electron chi connectivity index (χ4n) is 1.31. The Morgan fingerprint density at radius 3 is 2.60 bits per heavy atom. The van der Waals surface area contributed by atoms with Gasteiger partial charge in [-0.25, -0.2) is 9.37 Å². The van der Waals surface area contributed by atoms with Crippen molar-refractivity contribution in [2.75, 3.05) is 0 Å². The molecular weight excluding hydrogens is 238 g/mol. The van der Waals surface area contributed by atoms with Gasteiger partial charge in [-0.1, -0.05) is 23.2 Å². The summed E-state index contributed by atoms with van der Waals surface area (Å²) in [5.41, 5.74) is 0.200. The van der Waals surface area contributed by atoms with E-state index in [2.05, 4.69) is 4.98 Å². The number of fused-ring (bicyclic) bond motifs is 1. The van der Waals surface area contributed by atoms with E-state index in [0.29, 0.717) is 5.39 Å². The van der Waals surface area contributed by atoms with Gasteiger partial charge in [0.2, 0.25) is 0 Å². The smallest absolute Gasteiger partial charge is 0.138 e. The summed E-state index contributed by atoms with van der Waals surface area (Å²) < 4.78 is 13.5. The van der Waals surface area contributed by atoms with Crippen molar-refractivity contribution >= 4 is 34.0 Å². The molecule has 15 heavy (non-hydrogen) atoms. The average molecular weight is 241 g/mol. The normalized spacial score (nSPS) is 10.3. The van der Waals surface area contributed by atoms with Crippen LogP contribution in [-0.2, 0) is 0 Å². The molecule has 0 bridgehead atoms. The van der Waals surface area contributed by atoms with Crippen molar-refractivity contribution < 1.29 is 4.39 Å². The predicted molar refractivity (Wildman–Crippen MR) is 56.4 cm³/mol. The third-order valence-electron chi connectivity index (χ3n) is 1.95. The molecule has 5 heteroatoms. The molecule has 1 heterocycles. The first-order valence-corrected chi connectivity index (χ1v) is 4.73. The second-order valence-corrected chi connectivity index (χ2v) is 3.65. The molecule has 0 aliphatic carbocycles. The van der Waals surface area contributed by atoms with Gasteiger partial charge in [0.05, 0.1) is 11.6 Å². The van der Waals surface area contributed by atoms with Crippen LogP contribution in [0.25, 0.3) is 10.8 Å². The second-order valence-electron chi connectivity index (χ2n) is 2.90. The number of nitrogens with zero attached hydrogens (tertiary/aromatic N) is 2. The molecule has 0 N–H and O–H groups in total. The maximum absolute atomic E-state index is 13.5. The Hall–Kier alpha value is -1.37. The number of nitriles is 1. The third kappa shape index (κ3) is 1.74. The van der Waals surface area contributed by atoms with Crippen LogP contribution in [0.4, 0.5) is 4.39 Å². The summed E-state index contributed by atoms with van der Waals surface area (Å²) in [5.74, 6) is -0.532. The van der Waals surface area contributed by atoms with Gasteiger partial charge in [0.1, 0.15) is 16.1 Å². The number of rotatable bonds is 0. The maximum Gasteiger partial charge on any atom is 0.138 e. The van der Waals surface area contributed by atoms with Gasteiger partial charge >= 0.3 is 0 Å². The van der Waals surface area contributed by atoms with Crippen molar-refractivity contribution in [2.45, 2.75) is 0 Å². The topological polar surface area (TPSA) is 36.7 Å². The lowest BCUT2D eigenvalue weighted by molar-refractivity contribution is 0.639. The Bertz CT molecular complexity index is 590. The minimum absolute atomic E-state index is 0.0912. The predicted octanol–water partition coefficient (Wildman–Crippen LogP) is 3.55. The van der Waals surface area contributed by atoms with E-state index in [1.807, 2.05) is 6.07 Å². The van der Waals surface area contributed by atoms with E-state index in [1.165, 1.54) is 12.1 Å². The van der Waals surface area contributed by atoms with Crippen LogP contribution in [0.5, 0.6) is 0 Å². The molecule has 0 radical (unpaired) electrons. The first-order valence-electron chi connectivity index (χ1n) is 3.97. The molecule has 1 aromatic heterocycles. The molecule has 0 saturated carbocycles. The summed E-state index contributed by atoms with van der Waals surface area (Å²) >= 11 is 11.4. The van der Waals surface area contributed by atoms with Crippen molar-refractivity contribution in [3.05, 3.63) is 39.9 Å². The van der Waals surface area contributed by atoms with Gasteiger partial charge in [-0.3, -0.25) is 0 Å². The zero-order valence-electron chi connectivity index (χ0n) is 7.26. The van der Waals surface area contributed by atoms with Gasteiger partial charge in [-0.2, -0.15) is 5.26 Å². The molecule has 0 aliphatic rings. The lowest BCUT2D eigenvalue weighted by Crippen LogP contribution is -1.87. The fraction of sp³-hybridized carbons (Fsp3) is 0. The van der Waals surface area contributed by atoms with Crippen molar-refractivity contribution in [3.63, 3.8) is 0 Å². The van der Waals surface area contributed by atoms with Crippen molar-refractivity contribution in [1.82, 2.24) is 4.98 Å². The van der Waals surface area contributed by atoms with E-state index < -0.39 is 5.82 Å². The molecule has 0 saturated heterocycles. The van der Waals surface area contributed by atoms with E-state index >= 15 is 0 Å². The first-order chi connectivity index (χ1) is 7.11. The van der Waals surface area contributed by atoms with Crippen LogP contribution < -0.4 is 0 Å². The number of halogens is 3. The molecule has 0 amide bonds. The van der Waals surface area contributed by atoms with Crippen LogP contribution in [0, 0.1) is 17.1 Å². The van der Waals surface area contributed by atoms with Gasteiger partial charge in [0.25, 0.3) is 0 Å². The molecule has 1 aromatic carbocycles. The quantitative estimate of drug-likeness (QED) is 0.661. The summed E-state index contributed by atoms with van der Waals surface area (Å²) in [6.45, 7) is 0. The number of hydrogen-bond donors (Lipinski definition) is 0.